The fourth-order valence-electron chi connectivity index (χ4n) is 0.653. The van der Waals surface area contributed by atoms with Gasteiger partial charge in [-0.05, 0) is 12.1 Å². The lowest BCUT2D eigenvalue weighted by Gasteiger charge is -1.94. The van der Waals surface area contributed by atoms with E-state index in [1.807, 2.05) is 0 Å². The van der Waals surface area contributed by atoms with E-state index in [1.165, 1.54) is 0 Å². The summed E-state index contributed by atoms with van der Waals surface area (Å²) in [5.41, 5.74) is -1.06. The maximum atomic E-state index is 10.7. The van der Waals surface area contributed by atoms with E-state index in [1.54, 1.807) is 4.98 Å². The standard InChI is InChI=1S/C5H5NO5S/c7-4-2-1-3(5(8)6-4)12(9,10)11/h1-2H,(H2,6,7,8)(H,9,10,11). The molecule has 0 bridgehead atoms. The van der Waals surface area contributed by atoms with Crippen molar-refractivity contribution >= 4 is 10.1 Å². The lowest BCUT2D eigenvalue weighted by Crippen LogP contribution is -2.15. The third kappa shape index (κ3) is 1.63. The fraction of sp³-hybridized carbons (Fsp3) is 0. The van der Waals surface area contributed by atoms with Crippen LogP contribution < -0.4 is 5.56 Å². The molecule has 1 rings (SSSR count). The maximum absolute atomic E-state index is 10.7. The molecule has 0 amide bonds. The Morgan fingerprint density at radius 3 is 2.33 bits per heavy atom. The average Bonchev–Trinajstić information content (AvgIpc) is 1.83. The Balaban J connectivity index is 3.50. The number of aromatic hydroxyl groups is 1. The van der Waals surface area contributed by atoms with Gasteiger partial charge in [-0.15, -0.1) is 0 Å². The first-order valence-corrected chi connectivity index (χ1v) is 4.25. The summed E-state index contributed by atoms with van der Waals surface area (Å²) in [6.45, 7) is 0. The van der Waals surface area contributed by atoms with E-state index in [4.69, 9.17) is 9.66 Å². The Morgan fingerprint density at radius 1 is 1.33 bits per heavy atom. The summed E-state index contributed by atoms with van der Waals surface area (Å²) in [5, 5.41) is 8.67. The van der Waals surface area contributed by atoms with E-state index in [9.17, 15) is 13.2 Å². The van der Waals surface area contributed by atoms with Crippen molar-refractivity contribution in [2.75, 3.05) is 0 Å². The highest BCUT2D eigenvalue weighted by Gasteiger charge is 2.13. The van der Waals surface area contributed by atoms with Crippen LogP contribution in [0.25, 0.3) is 0 Å². The molecule has 12 heavy (non-hydrogen) atoms. The van der Waals surface area contributed by atoms with Gasteiger partial charge < -0.3 is 5.11 Å². The van der Waals surface area contributed by atoms with Crippen LogP contribution in [0.15, 0.2) is 21.8 Å². The van der Waals surface area contributed by atoms with E-state index in [0.717, 1.165) is 12.1 Å². The second-order valence-corrected chi connectivity index (χ2v) is 3.40. The van der Waals surface area contributed by atoms with Gasteiger partial charge in [0.05, 0.1) is 0 Å². The summed E-state index contributed by atoms with van der Waals surface area (Å²) < 4.78 is 29.3. The van der Waals surface area contributed by atoms with Crippen LogP contribution in [0.3, 0.4) is 0 Å². The Labute approximate surface area is 67.2 Å². The molecule has 1 heterocycles. The van der Waals surface area contributed by atoms with Gasteiger partial charge in [0.1, 0.15) is 0 Å². The van der Waals surface area contributed by atoms with Crippen LogP contribution in [0, 0.1) is 0 Å². The fourth-order valence-corrected chi connectivity index (χ4v) is 1.18. The van der Waals surface area contributed by atoms with Gasteiger partial charge >= 0.3 is 0 Å². The van der Waals surface area contributed by atoms with Gasteiger partial charge in [-0.2, -0.15) is 8.42 Å². The third-order valence-corrected chi connectivity index (χ3v) is 2.01. The van der Waals surface area contributed by atoms with Gasteiger partial charge in [0, 0.05) is 0 Å². The molecule has 0 fully saturated rings. The normalized spacial score (nSPS) is 11.4. The summed E-state index contributed by atoms with van der Waals surface area (Å²) in [5.74, 6) is -0.465. The molecule has 0 atom stereocenters. The molecule has 0 unspecified atom stereocenters. The minimum atomic E-state index is -4.51. The molecule has 7 heteroatoms. The van der Waals surface area contributed by atoms with Crippen LogP contribution in [0.2, 0.25) is 0 Å². The van der Waals surface area contributed by atoms with Gasteiger partial charge in [0.2, 0.25) is 0 Å². The highest BCUT2D eigenvalue weighted by molar-refractivity contribution is 7.85. The number of aromatic amines is 1. The Hall–Kier alpha value is -1.34. The first kappa shape index (κ1) is 8.75. The highest BCUT2D eigenvalue weighted by atomic mass is 32.2. The van der Waals surface area contributed by atoms with Crippen molar-refractivity contribution in [3.63, 3.8) is 0 Å². The molecule has 0 aliphatic carbocycles. The summed E-state index contributed by atoms with van der Waals surface area (Å²) in [6, 6.07) is 1.76. The van der Waals surface area contributed by atoms with Crippen molar-refractivity contribution in [1.82, 2.24) is 4.98 Å². The number of pyridine rings is 1. The summed E-state index contributed by atoms with van der Waals surface area (Å²) >= 11 is 0. The molecule has 1 aromatic heterocycles. The predicted octanol–water partition coefficient (Wildman–Crippen LogP) is -0.673. The van der Waals surface area contributed by atoms with Crippen LogP contribution in [-0.2, 0) is 10.1 Å². The maximum Gasteiger partial charge on any atom is 0.300 e. The monoisotopic (exact) mass is 191 g/mol. The van der Waals surface area contributed by atoms with Crippen molar-refractivity contribution in [3.05, 3.63) is 22.5 Å². The second kappa shape index (κ2) is 2.61. The predicted molar refractivity (Wildman–Crippen MR) is 38.5 cm³/mol. The molecule has 1 aromatic rings. The SMILES string of the molecule is O=c1[nH]c(O)ccc1S(=O)(=O)O. The summed E-state index contributed by atoms with van der Waals surface area (Å²) in [6.07, 6.45) is 0. The number of hydrogen-bond acceptors (Lipinski definition) is 4. The van der Waals surface area contributed by atoms with Gasteiger partial charge in [0.15, 0.2) is 10.8 Å². The number of aromatic nitrogens is 1. The Morgan fingerprint density at radius 2 is 1.92 bits per heavy atom. The molecule has 3 N–H and O–H groups in total. The van der Waals surface area contributed by atoms with Gasteiger partial charge in [-0.25, -0.2) is 0 Å². The van der Waals surface area contributed by atoms with Crippen LogP contribution in [0.5, 0.6) is 5.88 Å². The lowest BCUT2D eigenvalue weighted by atomic mass is 10.5. The van der Waals surface area contributed by atoms with E-state index in [2.05, 4.69) is 0 Å². The molecule has 0 aromatic carbocycles. The topological polar surface area (TPSA) is 107 Å². The van der Waals surface area contributed by atoms with E-state index in [-0.39, 0.29) is 0 Å². The van der Waals surface area contributed by atoms with Crippen molar-refractivity contribution in [2.24, 2.45) is 0 Å². The van der Waals surface area contributed by atoms with Crippen LogP contribution in [0.1, 0.15) is 0 Å². The van der Waals surface area contributed by atoms with Gasteiger partial charge in [-0.3, -0.25) is 14.3 Å². The molecule has 0 aliphatic heterocycles. The molecular weight excluding hydrogens is 186 g/mol. The molecule has 6 nitrogen and oxygen atoms in total. The first-order valence-electron chi connectivity index (χ1n) is 2.81. The molecule has 0 spiro atoms. The quantitative estimate of drug-likeness (QED) is 0.510. The summed E-state index contributed by atoms with van der Waals surface area (Å²) in [7, 11) is -4.51. The first-order chi connectivity index (χ1) is 5.41. The largest absolute Gasteiger partial charge is 0.495 e. The molecule has 0 saturated carbocycles. The summed E-state index contributed by atoms with van der Waals surface area (Å²) in [4.78, 5) is 11.7. The van der Waals surface area contributed by atoms with Crippen molar-refractivity contribution in [3.8, 4) is 5.88 Å². The smallest absolute Gasteiger partial charge is 0.300 e. The van der Waals surface area contributed by atoms with E-state index < -0.39 is 26.5 Å². The molecule has 0 aliphatic rings. The van der Waals surface area contributed by atoms with Crippen LogP contribution in [-0.4, -0.2) is 23.1 Å². The minimum Gasteiger partial charge on any atom is -0.495 e. The van der Waals surface area contributed by atoms with Crippen LogP contribution in [0.4, 0.5) is 0 Å². The molecular formula is C5H5NO5S. The van der Waals surface area contributed by atoms with Crippen molar-refractivity contribution in [2.45, 2.75) is 4.90 Å². The van der Waals surface area contributed by atoms with Crippen molar-refractivity contribution in [1.29, 1.82) is 0 Å². The zero-order chi connectivity index (χ0) is 9.35. The second-order valence-electron chi connectivity index (χ2n) is 2.01. The van der Waals surface area contributed by atoms with Gasteiger partial charge in [0.25, 0.3) is 15.7 Å². The molecule has 66 valence electrons. The van der Waals surface area contributed by atoms with E-state index >= 15 is 0 Å². The number of H-pyrrole nitrogens is 1. The third-order valence-electron chi connectivity index (χ3n) is 1.14. The Bertz CT molecular complexity index is 445. The minimum absolute atomic E-state index is 0.465. The van der Waals surface area contributed by atoms with Crippen LogP contribution >= 0.6 is 0 Å². The zero-order valence-corrected chi connectivity index (χ0v) is 6.50. The number of rotatable bonds is 1. The lowest BCUT2D eigenvalue weighted by molar-refractivity contribution is 0.448. The average molecular weight is 191 g/mol. The van der Waals surface area contributed by atoms with Gasteiger partial charge in [-0.1, -0.05) is 0 Å². The highest BCUT2D eigenvalue weighted by Crippen LogP contribution is 2.04. The molecule has 0 radical (unpaired) electrons. The molecule has 0 saturated heterocycles. The van der Waals surface area contributed by atoms with E-state index in [0.29, 0.717) is 0 Å². The van der Waals surface area contributed by atoms with Crippen molar-refractivity contribution < 1.29 is 18.1 Å². The Kier molecular flexibility index (Phi) is 1.90. The number of nitrogens with one attached hydrogen (secondary N) is 1. The number of hydrogen-bond donors (Lipinski definition) is 3. The zero-order valence-electron chi connectivity index (χ0n) is 5.68.